The number of methoxy groups -OCH3 is 3. The van der Waals surface area contributed by atoms with E-state index in [1.165, 1.54) is 0 Å². The summed E-state index contributed by atoms with van der Waals surface area (Å²) in [7, 11) is 4.77. The molecule has 1 heterocycles. The van der Waals surface area contributed by atoms with Crippen molar-refractivity contribution in [3.63, 3.8) is 0 Å². The fraction of sp³-hybridized carbons (Fsp3) is 0.619. The molecule has 0 aromatic heterocycles. The third-order valence-electron chi connectivity index (χ3n) is 4.85. The van der Waals surface area contributed by atoms with E-state index in [0.717, 1.165) is 30.9 Å². The number of carbonyl (C=O) groups excluding carboxylic acids is 1. The van der Waals surface area contributed by atoms with E-state index in [9.17, 15) is 4.79 Å². The van der Waals surface area contributed by atoms with Gasteiger partial charge >= 0.3 is 6.09 Å². The van der Waals surface area contributed by atoms with Crippen LogP contribution < -0.4 is 24.8 Å². The molecular formula is C21H34N4O5. The van der Waals surface area contributed by atoms with E-state index < -0.39 is 0 Å². The SMILES string of the molecule is CCNC(=NCc1cc(OC)c(OC)c(OC)c1)NC1CCN(C(=O)OCC)CC1. The van der Waals surface area contributed by atoms with Gasteiger partial charge in [-0.15, -0.1) is 0 Å². The summed E-state index contributed by atoms with van der Waals surface area (Å²) in [5.41, 5.74) is 0.943. The Morgan fingerprint density at radius 3 is 2.23 bits per heavy atom. The highest BCUT2D eigenvalue weighted by Crippen LogP contribution is 2.38. The zero-order valence-corrected chi connectivity index (χ0v) is 18.6. The largest absolute Gasteiger partial charge is 0.493 e. The Hall–Kier alpha value is -2.84. The normalized spacial score (nSPS) is 14.8. The number of hydrogen-bond donors (Lipinski definition) is 2. The lowest BCUT2D eigenvalue weighted by molar-refractivity contribution is 0.0963. The topological polar surface area (TPSA) is 93.7 Å². The lowest BCUT2D eigenvalue weighted by Crippen LogP contribution is -2.49. The molecule has 168 valence electrons. The Morgan fingerprint density at radius 2 is 1.73 bits per heavy atom. The molecule has 1 fully saturated rings. The first-order valence-corrected chi connectivity index (χ1v) is 10.3. The number of carbonyl (C=O) groups is 1. The summed E-state index contributed by atoms with van der Waals surface area (Å²) < 4.78 is 21.3. The predicted molar refractivity (Wildman–Crippen MR) is 116 cm³/mol. The number of amides is 1. The summed E-state index contributed by atoms with van der Waals surface area (Å²) in [5.74, 6) is 2.50. The molecule has 1 aliphatic rings. The molecule has 1 aromatic rings. The third-order valence-corrected chi connectivity index (χ3v) is 4.85. The van der Waals surface area contributed by atoms with Gasteiger partial charge < -0.3 is 34.5 Å². The molecule has 0 atom stereocenters. The van der Waals surface area contributed by atoms with Crippen LogP contribution in [0.4, 0.5) is 4.79 Å². The summed E-state index contributed by atoms with van der Waals surface area (Å²) in [5, 5.41) is 6.75. The number of rotatable bonds is 8. The van der Waals surface area contributed by atoms with Crippen LogP contribution in [0.3, 0.4) is 0 Å². The summed E-state index contributed by atoms with van der Waals surface area (Å²) in [6.45, 7) is 6.79. The van der Waals surface area contributed by atoms with Gasteiger partial charge in [0.15, 0.2) is 17.5 Å². The molecule has 1 saturated heterocycles. The van der Waals surface area contributed by atoms with E-state index >= 15 is 0 Å². The second-order valence-electron chi connectivity index (χ2n) is 6.83. The zero-order chi connectivity index (χ0) is 21.9. The number of guanidine groups is 1. The van der Waals surface area contributed by atoms with Crippen molar-refractivity contribution in [2.24, 2.45) is 4.99 Å². The molecule has 0 spiro atoms. The molecule has 1 amide bonds. The summed E-state index contributed by atoms with van der Waals surface area (Å²) in [4.78, 5) is 18.3. The molecule has 9 heteroatoms. The van der Waals surface area contributed by atoms with Crippen molar-refractivity contribution in [1.82, 2.24) is 15.5 Å². The molecule has 0 aliphatic carbocycles. The van der Waals surface area contributed by atoms with Gasteiger partial charge in [-0.25, -0.2) is 9.79 Å². The van der Waals surface area contributed by atoms with E-state index in [1.54, 1.807) is 26.2 Å². The van der Waals surface area contributed by atoms with E-state index in [-0.39, 0.29) is 12.1 Å². The number of piperidine rings is 1. The van der Waals surface area contributed by atoms with Crippen LogP contribution in [0.1, 0.15) is 32.3 Å². The van der Waals surface area contributed by atoms with Crippen molar-refractivity contribution in [2.45, 2.75) is 39.3 Å². The highest BCUT2D eigenvalue weighted by molar-refractivity contribution is 5.80. The second kappa shape index (κ2) is 12.0. The Morgan fingerprint density at radius 1 is 1.10 bits per heavy atom. The minimum Gasteiger partial charge on any atom is -0.493 e. The highest BCUT2D eigenvalue weighted by Gasteiger charge is 2.24. The average Bonchev–Trinajstić information content (AvgIpc) is 2.77. The fourth-order valence-electron chi connectivity index (χ4n) is 3.33. The van der Waals surface area contributed by atoms with Gasteiger partial charge in [-0.3, -0.25) is 0 Å². The van der Waals surface area contributed by atoms with Crippen LogP contribution in [0.15, 0.2) is 17.1 Å². The Balaban J connectivity index is 2.02. The molecule has 2 N–H and O–H groups in total. The lowest BCUT2D eigenvalue weighted by atomic mass is 10.1. The fourth-order valence-corrected chi connectivity index (χ4v) is 3.33. The van der Waals surface area contributed by atoms with Gasteiger partial charge in [0.05, 0.1) is 34.5 Å². The molecule has 2 rings (SSSR count). The minimum atomic E-state index is -0.237. The molecular weight excluding hydrogens is 388 g/mol. The van der Waals surface area contributed by atoms with Crippen LogP contribution in [0.5, 0.6) is 17.2 Å². The van der Waals surface area contributed by atoms with Gasteiger partial charge in [0.2, 0.25) is 5.75 Å². The van der Waals surface area contributed by atoms with E-state index in [1.807, 2.05) is 26.0 Å². The zero-order valence-electron chi connectivity index (χ0n) is 18.6. The third kappa shape index (κ3) is 6.33. The van der Waals surface area contributed by atoms with Crippen LogP contribution in [-0.4, -0.2) is 70.6 Å². The maximum absolute atomic E-state index is 11.9. The van der Waals surface area contributed by atoms with Crippen molar-refractivity contribution in [1.29, 1.82) is 0 Å². The minimum absolute atomic E-state index is 0.237. The first-order chi connectivity index (χ1) is 14.6. The highest BCUT2D eigenvalue weighted by atomic mass is 16.6. The van der Waals surface area contributed by atoms with E-state index in [2.05, 4.69) is 10.6 Å². The summed E-state index contributed by atoms with van der Waals surface area (Å²) >= 11 is 0. The maximum atomic E-state index is 11.9. The van der Waals surface area contributed by atoms with Crippen LogP contribution in [-0.2, 0) is 11.3 Å². The molecule has 0 radical (unpaired) electrons. The quantitative estimate of drug-likeness (QED) is 0.491. The van der Waals surface area contributed by atoms with Crippen molar-refractivity contribution >= 4 is 12.1 Å². The van der Waals surface area contributed by atoms with Gasteiger partial charge in [0.25, 0.3) is 0 Å². The standard InChI is InChI=1S/C21H34N4O5/c1-6-22-20(24-16-8-10-25(11-9-16)21(26)30-7-2)23-14-15-12-17(27-3)19(29-5)18(13-15)28-4/h12-13,16H,6-11,14H2,1-5H3,(H2,22,23,24). The molecule has 0 saturated carbocycles. The van der Waals surface area contributed by atoms with Crippen LogP contribution in [0.2, 0.25) is 0 Å². The number of hydrogen-bond acceptors (Lipinski definition) is 6. The number of likely N-dealkylation sites (tertiary alicyclic amines) is 1. The van der Waals surface area contributed by atoms with Gasteiger partial charge in [0, 0.05) is 25.7 Å². The van der Waals surface area contributed by atoms with Crippen molar-refractivity contribution in [3.05, 3.63) is 17.7 Å². The number of nitrogens with zero attached hydrogens (tertiary/aromatic N) is 2. The van der Waals surface area contributed by atoms with Crippen molar-refractivity contribution < 1.29 is 23.7 Å². The van der Waals surface area contributed by atoms with Gasteiger partial charge in [-0.05, 0) is 44.4 Å². The first kappa shape index (κ1) is 23.4. The number of ether oxygens (including phenoxy) is 4. The van der Waals surface area contributed by atoms with E-state index in [4.69, 9.17) is 23.9 Å². The van der Waals surface area contributed by atoms with Crippen molar-refractivity contribution in [3.8, 4) is 17.2 Å². The summed E-state index contributed by atoms with van der Waals surface area (Å²) in [6, 6.07) is 4.03. The molecule has 30 heavy (non-hydrogen) atoms. The van der Waals surface area contributed by atoms with Crippen LogP contribution in [0.25, 0.3) is 0 Å². The molecule has 0 bridgehead atoms. The number of benzene rings is 1. The Bertz CT molecular complexity index is 692. The molecule has 1 aromatic carbocycles. The second-order valence-corrected chi connectivity index (χ2v) is 6.83. The van der Waals surface area contributed by atoms with Gasteiger partial charge in [0.1, 0.15) is 0 Å². The van der Waals surface area contributed by atoms with Crippen LogP contribution in [0, 0.1) is 0 Å². The lowest BCUT2D eigenvalue weighted by Gasteiger charge is -2.32. The molecule has 0 unspecified atom stereocenters. The smallest absolute Gasteiger partial charge is 0.409 e. The van der Waals surface area contributed by atoms with Crippen molar-refractivity contribution in [2.75, 3.05) is 47.6 Å². The van der Waals surface area contributed by atoms with Crippen LogP contribution >= 0.6 is 0 Å². The monoisotopic (exact) mass is 422 g/mol. The van der Waals surface area contributed by atoms with Gasteiger partial charge in [-0.1, -0.05) is 0 Å². The summed E-state index contributed by atoms with van der Waals surface area (Å²) in [6.07, 6.45) is 1.44. The molecule has 9 nitrogen and oxygen atoms in total. The Kier molecular flexibility index (Phi) is 9.37. The van der Waals surface area contributed by atoms with E-state index in [0.29, 0.717) is 43.5 Å². The Labute approximate surface area is 178 Å². The first-order valence-electron chi connectivity index (χ1n) is 10.3. The number of nitrogens with one attached hydrogen (secondary N) is 2. The van der Waals surface area contributed by atoms with Gasteiger partial charge in [-0.2, -0.15) is 0 Å². The average molecular weight is 423 g/mol. The molecule has 1 aliphatic heterocycles. The predicted octanol–water partition coefficient (Wildman–Crippen LogP) is 2.39. The maximum Gasteiger partial charge on any atom is 0.409 e. The number of aliphatic imine (C=N–C) groups is 1.